The van der Waals surface area contributed by atoms with Crippen molar-refractivity contribution >= 4 is 0 Å². The molecule has 4 heteroatoms. The molecule has 5 aliphatic rings. The fourth-order valence-corrected chi connectivity index (χ4v) is 11.2. The van der Waals surface area contributed by atoms with Gasteiger partial charge in [-0.15, -0.1) is 0 Å². The number of allylic oxidation sites excluding steroid dienone is 3. The molecule has 4 fully saturated rings. The number of H-pyrrole nitrogens is 1. The largest absolute Gasteiger partial charge is 0.396 e. The van der Waals surface area contributed by atoms with Gasteiger partial charge in [-0.25, -0.2) is 0 Å². The maximum absolute atomic E-state index is 11.1. The molecule has 0 bridgehead atoms. The average molecular weight is 521 g/mol. The molecule has 1 spiro atoms. The van der Waals surface area contributed by atoms with Crippen LogP contribution in [-0.4, -0.2) is 41.5 Å². The first-order valence-electron chi connectivity index (χ1n) is 15.6. The molecule has 1 aromatic rings. The van der Waals surface area contributed by atoms with E-state index < -0.39 is 0 Å². The predicted octanol–water partition coefficient (Wildman–Crippen LogP) is 6.13. The first kappa shape index (κ1) is 26.8. The van der Waals surface area contributed by atoms with E-state index in [4.69, 9.17) is 0 Å². The number of aliphatic hydroxyl groups excluding tert-OH is 2. The standard InChI is InChI=1S/C34H52N2O2/c1-21-13-29-33(4,31-30(21)32(31,2)3)27-8-6-7-24(20-37)26(27)17-34(29)11-9-22(16-34)14-25(28(38)19-35-5)15-23-10-12-36-18-23/h10,12-13,18,22,24-28,30-31,35-38H,1,6-9,11,14-17,19-20H2,2-5H3/t22-,24-,25-,26+,27+,28+,30-,31+,33-,34-/m1/s1. The van der Waals surface area contributed by atoms with E-state index in [9.17, 15) is 10.2 Å². The molecule has 38 heavy (non-hydrogen) atoms. The van der Waals surface area contributed by atoms with Crippen molar-refractivity contribution in [2.45, 2.75) is 84.7 Å². The summed E-state index contributed by atoms with van der Waals surface area (Å²) in [5.74, 6) is 4.04. The van der Waals surface area contributed by atoms with Crippen LogP contribution in [0, 0.1) is 57.7 Å². The first-order valence-corrected chi connectivity index (χ1v) is 15.6. The zero-order valence-electron chi connectivity index (χ0n) is 24.3. The summed E-state index contributed by atoms with van der Waals surface area (Å²) in [7, 11) is 1.94. The van der Waals surface area contributed by atoms with Gasteiger partial charge in [-0.2, -0.15) is 0 Å². The van der Waals surface area contributed by atoms with Crippen LogP contribution in [0.4, 0.5) is 0 Å². The summed E-state index contributed by atoms with van der Waals surface area (Å²) in [5.41, 5.74) is 5.24. The van der Waals surface area contributed by atoms with Crippen LogP contribution < -0.4 is 5.32 Å². The Balaban J connectivity index is 1.31. The van der Waals surface area contributed by atoms with E-state index in [1.807, 2.05) is 13.2 Å². The van der Waals surface area contributed by atoms with Crippen molar-refractivity contribution in [3.8, 4) is 0 Å². The van der Waals surface area contributed by atoms with Crippen LogP contribution in [0.3, 0.4) is 0 Å². The lowest BCUT2D eigenvalue weighted by molar-refractivity contribution is -0.0542. The second-order valence-corrected chi connectivity index (χ2v) is 15.0. The zero-order chi connectivity index (χ0) is 26.9. The molecule has 5 aliphatic carbocycles. The molecule has 1 aromatic heterocycles. The Labute approximate surface area is 230 Å². The Morgan fingerprint density at radius 1 is 1.18 bits per heavy atom. The fourth-order valence-electron chi connectivity index (χ4n) is 11.2. The van der Waals surface area contributed by atoms with Gasteiger partial charge in [0.25, 0.3) is 0 Å². The van der Waals surface area contributed by atoms with E-state index >= 15 is 0 Å². The normalized spacial score (nSPS) is 42.7. The van der Waals surface area contributed by atoms with E-state index in [0.29, 0.717) is 54.1 Å². The second kappa shape index (κ2) is 9.63. The Kier molecular flexibility index (Phi) is 6.80. The van der Waals surface area contributed by atoms with E-state index in [0.717, 1.165) is 12.8 Å². The number of fused-ring (bicyclic) bond motifs is 6. The molecule has 4 N–H and O–H groups in total. The number of aliphatic hydroxyl groups is 2. The molecule has 0 radical (unpaired) electrons. The number of nitrogens with one attached hydrogen (secondary N) is 2. The van der Waals surface area contributed by atoms with Crippen LogP contribution in [0.25, 0.3) is 0 Å². The molecule has 4 saturated carbocycles. The van der Waals surface area contributed by atoms with Crippen molar-refractivity contribution < 1.29 is 10.2 Å². The van der Waals surface area contributed by atoms with Gasteiger partial charge in [0.2, 0.25) is 0 Å². The predicted molar refractivity (Wildman–Crippen MR) is 154 cm³/mol. The van der Waals surface area contributed by atoms with Crippen molar-refractivity contribution in [3.63, 3.8) is 0 Å². The molecule has 1 heterocycles. The minimum Gasteiger partial charge on any atom is -0.396 e. The minimum absolute atomic E-state index is 0.233. The van der Waals surface area contributed by atoms with Crippen LogP contribution >= 0.6 is 0 Å². The SMILES string of the molecule is C=C1C=C2[C@@]3(CC[C@H](C[C@H](Cc4cc[nH]c4)[C@@H](O)CNC)C3)C[C@H]3[C@@H](CO)CCC[C@@H]3[C@@]2(C)[C@H]2[C@@H]1C2(C)C. The molecule has 0 saturated heterocycles. The third-order valence-corrected chi connectivity index (χ3v) is 12.7. The maximum atomic E-state index is 11.1. The van der Waals surface area contributed by atoms with E-state index in [1.165, 1.54) is 56.1 Å². The molecule has 0 aliphatic heterocycles. The van der Waals surface area contributed by atoms with E-state index in [2.05, 4.69) is 56.0 Å². The lowest BCUT2D eigenvalue weighted by Gasteiger charge is -2.61. The van der Waals surface area contributed by atoms with Crippen LogP contribution in [0.15, 0.2) is 42.3 Å². The van der Waals surface area contributed by atoms with Crippen molar-refractivity contribution in [2.75, 3.05) is 20.2 Å². The summed E-state index contributed by atoms with van der Waals surface area (Å²) < 4.78 is 0. The van der Waals surface area contributed by atoms with Crippen molar-refractivity contribution in [2.24, 2.45) is 57.7 Å². The van der Waals surface area contributed by atoms with Gasteiger partial charge in [0, 0.05) is 25.5 Å². The van der Waals surface area contributed by atoms with Crippen LogP contribution in [0.2, 0.25) is 0 Å². The highest BCUT2D eigenvalue weighted by Gasteiger charge is 2.74. The minimum atomic E-state index is -0.328. The maximum Gasteiger partial charge on any atom is 0.0695 e. The van der Waals surface area contributed by atoms with Gasteiger partial charge in [0.1, 0.15) is 0 Å². The van der Waals surface area contributed by atoms with E-state index in [-0.39, 0.29) is 22.9 Å². The molecule has 4 nitrogen and oxygen atoms in total. The number of aromatic amines is 1. The molecule has 0 amide bonds. The van der Waals surface area contributed by atoms with Gasteiger partial charge in [-0.3, -0.25) is 0 Å². The van der Waals surface area contributed by atoms with Gasteiger partial charge >= 0.3 is 0 Å². The Hall–Kier alpha value is -1.36. The molecule has 6 rings (SSSR count). The summed E-state index contributed by atoms with van der Waals surface area (Å²) in [5, 5.41) is 24.8. The van der Waals surface area contributed by atoms with Crippen molar-refractivity contribution in [1.29, 1.82) is 0 Å². The molecular weight excluding hydrogens is 468 g/mol. The first-order chi connectivity index (χ1) is 18.2. The highest BCUT2D eigenvalue weighted by Crippen LogP contribution is 2.80. The van der Waals surface area contributed by atoms with Gasteiger partial charge in [-0.05, 0) is 128 Å². The van der Waals surface area contributed by atoms with Crippen molar-refractivity contribution in [3.05, 3.63) is 47.8 Å². The van der Waals surface area contributed by atoms with Gasteiger partial charge in [-0.1, -0.05) is 51.0 Å². The molecule has 210 valence electrons. The monoisotopic (exact) mass is 520 g/mol. The van der Waals surface area contributed by atoms with Crippen LogP contribution in [0.5, 0.6) is 0 Å². The third-order valence-electron chi connectivity index (χ3n) is 12.7. The summed E-state index contributed by atoms with van der Waals surface area (Å²) in [6.07, 6.45) is 17.2. The van der Waals surface area contributed by atoms with E-state index in [1.54, 1.807) is 5.57 Å². The van der Waals surface area contributed by atoms with Crippen molar-refractivity contribution in [1.82, 2.24) is 10.3 Å². The van der Waals surface area contributed by atoms with Gasteiger partial charge < -0.3 is 20.5 Å². The molecule has 10 atom stereocenters. The zero-order valence-corrected chi connectivity index (χ0v) is 24.3. The quantitative estimate of drug-likeness (QED) is 0.333. The summed E-state index contributed by atoms with van der Waals surface area (Å²) in [4.78, 5) is 3.20. The third kappa shape index (κ3) is 4.03. The number of hydrogen-bond acceptors (Lipinski definition) is 3. The average Bonchev–Trinajstić information content (AvgIpc) is 3.23. The highest BCUT2D eigenvalue weighted by molar-refractivity contribution is 5.48. The number of likely N-dealkylation sites (N-methyl/N-ethyl adjacent to an activating group) is 1. The summed E-state index contributed by atoms with van der Waals surface area (Å²) in [6, 6.07) is 2.16. The summed E-state index contributed by atoms with van der Waals surface area (Å²) >= 11 is 0. The molecular formula is C34H52N2O2. The highest BCUT2D eigenvalue weighted by atomic mass is 16.3. The van der Waals surface area contributed by atoms with Crippen LogP contribution in [-0.2, 0) is 6.42 Å². The fraction of sp³-hybridized carbons (Fsp3) is 0.765. The Bertz CT molecular complexity index is 1060. The number of rotatable bonds is 8. The molecule has 0 unspecified atom stereocenters. The second-order valence-electron chi connectivity index (χ2n) is 15.0. The Morgan fingerprint density at radius 2 is 2.00 bits per heavy atom. The van der Waals surface area contributed by atoms with Gasteiger partial charge in [0.15, 0.2) is 0 Å². The lowest BCUT2D eigenvalue weighted by atomic mass is 9.43. The Morgan fingerprint density at radius 3 is 2.71 bits per heavy atom. The van der Waals surface area contributed by atoms with Gasteiger partial charge in [0.05, 0.1) is 6.10 Å². The summed E-state index contributed by atoms with van der Waals surface area (Å²) in [6.45, 7) is 13.3. The topological polar surface area (TPSA) is 68.3 Å². The number of aromatic nitrogens is 1. The van der Waals surface area contributed by atoms with Crippen LogP contribution in [0.1, 0.15) is 77.7 Å². The lowest BCUT2D eigenvalue weighted by Crippen LogP contribution is -2.53. The molecule has 0 aromatic carbocycles. The number of hydrogen-bond donors (Lipinski definition) is 4. The smallest absolute Gasteiger partial charge is 0.0695 e.